The number of amides is 2. The van der Waals surface area contributed by atoms with Gasteiger partial charge in [0.1, 0.15) is 12.6 Å². The van der Waals surface area contributed by atoms with Gasteiger partial charge in [-0.25, -0.2) is 8.42 Å². The number of nitrogens with one attached hydrogen (secondary N) is 1. The van der Waals surface area contributed by atoms with Crippen molar-refractivity contribution in [3.05, 3.63) is 92.4 Å². The SMILES string of the molecule is CC[C@H](C)NC(=O)[C@H](CC)N(Cc1ccc(Cl)cc1Cl)C(=O)CN(c1ccc(C)c(Cl)c1)S(=O)(=O)c1ccc(C)cc1. The number of nitrogens with zero attached hydrogens (tertiary/aromatic N) is 2. The number of carbonyl (C=O) groups is 2. The maximum atomic E-state index is 14.2. The van der Waals surface area contributed by atoms with E-state index >= 15 is 0 Å². The number of hydrogen-bond donors (Lipinski definition) is 1. The van der Waals surface area contributed by atoms with Crippen LogP contribution in [0.15, 0.2) is 65.6 Å². The molecule has 0 saturated heterocycles. The first-order chi connectivity index (χ1) is 19.8. The van der Waals surface area contributed by atoms with Crippen LogP contribution in [-0.4, -0.2) is 43.8 Å². The molecule has 2 atom stereocenters. The zero-order chi connectivity index (χ0) is 31.2. The summed E-state index contributed by atoms with van der Waals surface area (Å²) in [7, 11) is -4.21. The van der Waals surface area contributed by atoms with Gasteiger partial charge >= 0.3 is 0 Å². The smallest absolute Gasteiger partial charge is 0.264 e. The monoisotopic (exact) mass is 651 g/mol. The van der Waals surface area contributed by atoms with Crippen molar-refractivity contribution >= 4 is 62.3 Å². The van der Waals surface area contributed by atoms with Crippen LogP contribution >= 0.6 is 34.8 Å². The van der Waals surface area contributed by atoms with Crippen molar-refractivity contribution < 1.29 is 18.0 Å². The molecule has 0 spiro atoms. The first-order valence-corrected chi connectivity index (χ1v) is 16.2. The highest BCUT2D eigenvalue weighted by atomic mass is 35.5. The fourth-order valence-corrected chi connectivity index (χ4v) is 6.35. The van der Waals surface area contributed by atoms with Gasteiger partial charge in [-0.1, -0.05) is 78.5 Å². The molecule has 0 aliphatic heterocycles. The topological polar surface area (TPSA) is 86.8 Å². The summed E-state index contributed by atoms with van der Waals surface area (Å²) >= 11 is 19.0. The van der Waals surface area contributed by atoms with E-state index in [1.165, 1.54) is 23.1 Å². The van der Waals surface area contributed by atoms with Gasteiger partial charge in [0.05, 0.1) is 10.6 Å². The number of rotatable bonds is 12. The van der Waals surface area contributed by atoms with Crippen molar-refractivity contribution in [2.45, 2.75) is 71.0 Å². The summed E-state index contributed by atoms with van der Waals surface area (Å²) in [4.78, 5) is 29.0. The zero-order valence-electron chi connectivity index (χ0n) is 24.3. The van der Waals surface area contributed by atoms with E-state index in [1.807, 2.05) is 20.8 Å². The van der Waals surface area contributed by atoms with Crippen LogP contribution in [0.5, 0.6) is 0 Å². The van der Waals surface area contributed by atoms with Crippen molar-refractivity contribution in [1.29, 1.82) is 0 Å². The Labute approximate surface area is 263 Å². The second kappa shape index (κ2) is 14.6. The number of sulfonamides is 1. The van der Waals surface area contributed by atoms with E-state index in [4.69, 9.17) is 34.8 Å². The molecule has 0 radical (unpaired) electrons. The van der Waals surface area contributed by atoms with Crippen molar-refractivity contribution in [1.82, 2.24) is 10.2 Å². The van der Waals surface area contributed by atoms with E-state index in [2.05, 4.69) is 5.32 Å². The van der Waals surface area contributed by atoms with Crippen LogP contribution in [0.2, 0.25) is 15.1 Å². The Bertz CT molecular complexity index is 1530. The second-order valence-electron chi connectivity index (χ2n) is 10.3. The molecule has 42 heavy (non-hydrogen) atoms. The van der Waals surface area contributed by atoms with Gasteiger partial charge in [0, 0.05) is 27.7 Å². The first-order valence-electron chi connectivity index (χ1n) is 13.7. The quantitative estimate of drug-likeness (QED) is 0.225. The van der Waals surface area contributed by atoms with E-state index in [0.29, 0.717) is 33.5 Å². The highest BCUT2D eigenvalue weighted by Crippen LogP contribution is 2.29. The van der Waals surface area contributed by atoms with Crippen molar-refractivity contribution in [2.75, 3.05) is 10.8 Å². The molecule has 2 amide bonds. The normalized spacial score (nSPS) is 12.9. The molecular formula is C31H36Cl3N3O4S. The molecule has 0 heterocycles. The van der Waals surface area contributed by atoms with E-state index in [9.17, 15) is 18.0 Å². The predicted octanol–water partition coefficient (Wildman–Crippen LogP) is 7.18. The Morgan fingerprint density at radius 3 is 2.12 bits per heavy atom. The molecule has 226 valence electrons. The van der Waals surface area contributed by atoms with Gasteiger partial charge in [-0.05, 0) is 81.1 Å². The number of benzene rings is 3. The van der Waals surface area contributed by atoms with Crippen molar-refractivity contribution in [3.63, 3.8) is 0 Å². The fraction of sp³-hybridized carbons (Fsp3) is 0.355. The van der Waals surface area contributed by atoms with Gasteiger partial charge in [-0.3, -0.25) is 13.9 Å². The molecule has 0 unspecified atom stereocenters. The van der Waals surface area contributed by atoms with Gasteiger partial charge < -0.3 is 10.2 Å². The summed E-state index contributed by atoms with van der Waals surface area (Å²) in [6.45, 7) is 8.67. The molecule has 11 heteroatoms. The molecule has 1 N–H and O–H groups in total. The van der Waals surface area contributed by atoms with Crippen LogP contribution in [0.3, 0.4) is 0 Å². The first kappa shape index (κ1) is 33.7. The second-order valence-corrected chi connectivity index (χ2v) is 13.4. The standard InChI is InChI=1S/C31H36Cl3N3O4S/c1-6-22(5)35-31(39)29(7-2)36(18-23-11-12-24(32)16-28(23)34)30(38)19-37(25-13-10-21(4)27(33)17-25)42(40,41)26-14-8-20(3)9-15-26/h8-17,22,29H,6-7,18-19H2,1-5H3,(H,35,39)/t22-,29-/m0/s1. The molecular weight excluding hydrogens is 617 g/mol. The minimum Gasteiger partial charge on any atom is -0.352 e. The lowest BCUT2D eigenvalue weighted by molar-refractivity contribution is -0.140. The Kier molecular flexibility index (Phi) is 11.7. The van der Waals surface area contributed by atoms with E-state index < -0.39 is 28.5 Å². The molecule has 0 aliphatic rings. The molecule has 0 saturated carbocycles. The predicted molar refractivity (Wildman–Crippen MR) is 171 cm³/mol. The van der Waals surface area contributed by atoms with E-state index in [0.717, 1.165) is 15.4 Å². The lowest BCUT2D eigenvalue weighted by Crippen LogP contribution is -2.53. The van der Waals surface area contributed by atoms with Crippen molar-refractivity contribution in [2.24, 2.45) is 0 Å². The average molecular weight is 653 g/mol. The Morgan fingerprint density at radius 1 is 0.881 bits per heavy atom. The summed E-state index contributed by atoms with van der Waals surface area (Å²) in [6.07, 6.45) is 0.996. The van der Waals surface area contributed by atoms with Crippen LogP contribution in [0.1, 0.15) is 50.3 Å². The van der Waals surface area contributed by atoms with Gasteiger partial charge in [0.15, 0.2) is 0 Å². The Balaban J connectivity index is 2.11. The summed E-state index contributed by atoms with van der Waals surface area (Å²) < 4.78 is 29.0. The van der Waals surface area contributed by atoms with Crippen LogP contribution in [0.4, 0.5) is 5.69 Å². The number of aryl methyl sites for hydroxylation is 2. The lowest BCUT2D eigenvalue weighted by Gasteiger charge is -2.34. The number of hydrogen-bond acceptors (Lipinski definition) is 4. The maximum absolute atomic E-state index is 14.2. The molecule has 3 aromatic rings. The lowest BCUT2D eigenvalue weighted by atomic mass is 10.1. The van der Waals surface area contributed by atoms with E-state index in [1.54, 1.807) is 56.3 Å². The molecule has 3 rings (SSSR count). The minimum atomic E-state index is -4.21. The fourth-order valence-electron chi connectivity index (χ4n) is 4.30. The highest BCUT2D eigenvalue weighted by Gasteiger charge is 2.34. The zero-order valence-corrected chi connectivity index (χ0v) is 27.4. The molecule has 0 fully saturated rings. The number of halogens is 3. The highest BCUT2D eigenvalue weighted by molar-refractivity contribution is 7.92. The van der Waals surface area contributed by atoms with Gasteiger partial charge in [-0.15, -0.1) is 0 Å². The summed E-state index contributed by atoms with van der Waals surface area (Å²) in [5.74, 6) is -0.920. The Morgan fingerprint density at radius 2 is 1.55 bits per heavy atom. The summed E-state index contributed by atoms with van der Waals surface area (Å²) in [5, 5.41) is 4.06. The van der Waals surface area contributed by atoms with Gasteiger partial charge in [0.2, 0.25) is 11.8 Å². The average Bonchev–Trinajstić information content (AvgIpc) is 2.94. The number of carbonyl (C=O) groups excluding carboxylic acids is 2. The minimum absolute atomic E-state index is 0.0199. The van der Waals surface area contributed by atoms with Crippen LogP contribution in [0.25, 0.3) is 0 Å². The van der Waals surface area contributed by atoms with Crippen LogP contribution < -0.4 is 9.62 Å². The third kappa shape index (κ3) is 8.19. The molecule has 3 aromatic carbocycles. The molecule has 0 bridgehead atoms. The largest absolute Gasteiger partial charge is 0.352 e. The summed E-state index contributed by atoms with van der Waals surface area (Å²) in [5.41, 5.74) is 2.43. The van der Waals surface area contributed by atoms with Crippen LogP contribution in [0, 0.1) is 13.8 Å². The van der Waals surface area contributed by atoms with Gasteiger partial charge in [0.25, 0.3) is 10.0 Å². The number of anilines is 1. The molecule has 7 nitrogen and oxygen atoms in total. The Hall–Kier alpha value is -2.78. The van der Waals surface area contributed by atoms with Gasteiger partial charge in [-0.2, -0.15) is 0 Å². The van der Waals surface area contributed by atoms with Crippen LogP contribution in [-0.2, 0) is 26.2 Å². The summed E-state index contributed by atoms with van der Waals surface area (Å²) in [6, 6.07) is 15.1. The molecule has 0 aliphatic carbocycles. The third-order valence-electron chi connectivity index (χ3n) is 7.07. The van der Waals surface area contributed by atoms with E-state index in [-0.39, 0.29) is 29.1 Å². The van der Waals surface area contributed by atoms with Crippen molar-refractivity contribution in [3.8, 4) is 0 Å². The maximum Gasteiger partial charge on any atom is 0.264 e. The molecule has 0 aromatic heterocycles. The third-order valence-corrected chi connectivity index (χ3v) is 9.86.